The molecule has 1 amide bonds. The van der Waals surface area contributed by atoms with Crippen molar-refractivity contribution in [2.24, 2.45) is 0 Å². The van der Waals surface area contributed by atoms with E-state index in [-0.39, 0.29) is 29.9 Å². The molecule has 0 fully saturated rings. The van der Waals surface area contributed by atoms with E-state index in [1.807, 2.05) is 79.7 Å². The molecule has 9 heteroatoms. The number of carbonyl (C=O) groups excluding carboxylic acids is 1. The minimum Gasteiger partial charge on any atom is -0.486 e. The van der Waals surface area contributed by atoms with Crippen LogP contribution in [-0.4, -0.2) is 48.0 Å². The Labute approximate surface area is 212 Å². The van der Waals surface area contributed by atoms with Crippen molar-refractivity contribution >= 4 is 39.9 Å². The zero-order valence-electron chi connectivity index (χ0n) is 20.0. The number of hydrogen-bond donors (Lipinski definition) is 1. The lowest BCUT2D eigenvalue weighted by Gasteiger charge is -2.27. The fraction of sp³-hybridized carbons (Fsp3) is 0.222. The number of hydrogen-bond acceptors (Lipinski definition) is 7. The van der Waals surface area contributed by atoms with E-state index in [1.54, 1.807) is 16.7 Å². The van der Waals surface area contributed by atoms with Crippen molar-refractivity contribution in [3.63, 3.8) is 0 Å². The molecular weight excluding hydrogens is 476 g/mol. The van der Waals surface area contributed by atoms with Crippen molar-refractivity contribution < 1.29 is 14.3 Å². The van der Waals surface area contributed by atoms with Crippen LogP contribution in [0.4, 0.5) is 11.4 Å². The first-order valence-electron chi connectivity index (χ1n) is 11.6. The normalized spacial score (nSPS) is 14.4. The second kappa shape index (κ2) is 10.3. The molecule has 184 valence electrons. The first-order valence-corrected chi connectivity index (χ1v) is 12.5. The van der Waals surface area contributed by atoms with Crippen LogP contribution in [0.5, 0.6) is 11.5 Å². The van der Waals surface area contributed by atoms with Gasteiger partial charge in [-0.25, -0.2) is 4.98 Å². The number of fused-ring (bicyclic) bond motifs is 2. The van der Waals surface area contributed by atoms with Gasteiger partial charge in [0, 0.05) is 25.5 Å². The van der Waals surface area contributed by atoms with Gasteiger partial charge in [-0.05, 0) is 48.5 Å². The number of para-hydroxylation sites is 3. The molecule has 4 aromatic rings. The number of amides is 1. The third-order valence-electron chi connectivity index (χ3n) is 5.78. The van der Waals surface area contributed by atoms with E-state index in [2.05, 4.69) is 5.32 Å². The number of aromatic nitrogens is 2. The highest BCUT2D eigenvalue weighted by molar-refractivity contribution is 7.99. The van der Waals surface area contributed by atoms with Crippen LogP contribution < -0.4 is 25.2 Å². The first kappa shape index (κ1) is 23.7. The molecule has 0 aliphatic carbocycles. The van der Waals surface area contributed by atoms with Gasteiger partial charge in [-0.3, -0.25) is 14.2 Å². The van der Waals surface area contributed by atoms with Gasteiger partial charge < -0.3 is 19.7 Å². The zero-order chi connectivity index (χ0) is 25.1. The minimum absolute atomic E-state index is 0.102. The molecule has 1 aliphatic heterocycles. The lowest BCUT2D eigenvalue weighted by atomic mass is 10.2. The monoisotopic (exact) mass is 502 g/mol. The van der Waals surface area contributed by atoms with Gasteiger partial charge in [-0.2, -0.15) is 0 Å². The van der Waals surface area contributed by atoms with E-state index in [4.69, 9.17) is 14.5 Å². The van der Waals surface area contributed by atoms with Crippen LogP contribution >= 0.6 is 11.8 Å². The third kappa shape index (κ3) is 5.16. The van der Waals surface area contributed by atoms with Crippen LogP contribution in [0, 0.1) is 0 Å². The standard InChI is InChI=1S/C27H26N4O4S/c1-30(2)19-13-11-18(12-14-19)28-25(32)17-36-27-29-22-8-4-3-7-21(22)26(33)31(27)15-20-16-34-23-9-5-6-10-24(23)35-20/h3-14,20H,15-17H2,1-2H3,(H,28,32)/t20-/m0/s1. The highest BCUT2D eigenvalue weighted by Crippen LogP contribution is 2.31. The number of nitrogens with one attached hydrogen (secondary N) is 1. The molecule has 0 saturated carbocycles. The maximum Gasteiger partial charge on any atom is 0.262 e. The summed E-state index contributed by atoms with van der Waals surface area (Å²) < 4.78 is 13.5. The number of thioether (sulfide) groups is 1. The Morgan fingerprint density at radius 1 is 1.06 bits per heavy atom. The number of rotatable bonds is 7. The number of benzene rings is 3. The van der Waals surface area contributed by atoms with E-state index in [1.165, 1.54) is 11.8 Å². The second-order valence-electron chi connectivity index (χ2n) is 8.60. The molecule has 5 rings (SSSR count). The van der Waals surface area contributed by atoms with Crippen LogP contribution in [0.3, 0.4) is 0 Å². The second-order valence-corrected chi connectivity index (χ2v) is 9.55. The molecule has 2 heterocycles. The maximum absolute atomic E-state index is 13.4. The average molecular weight is 503 g/mol. The molecule has 0 spiro atoms. The van der Waals surface area contributed by atoms with E-state index >= 15 is 0 Å². The molecule has 1 aromatic heterocycles. The molecule has 1 aliphatic rings. The van der Waals surface area contributed by atoms with Gasteiger partial charge in [-0.15, -0.1) is 0 Å². The van der Waals surface area contributed by atoms with Crippen molar-refractivity contribution in [2.45, 2.75) is 17.8 Å². The molecular formula is C27H26N4O4S. The summed E-state index contributed by atoms with van der Waals surface area (Å²) in [5.74, 6) is 1.25. The molecule has 36 heavy (non-hydrogen) atoms. The summed E-state index contributed by atoms with van der Waals surface area (Å²) in [6, 6.07) is 22.3. The highest BCUT2D eigenvalue weighted by atomic mass is 32.2. The Morgan fingerprint density at radius 2 is 1.78 bits per heavy atom. The number of ether oxygens (including phenoxy) is 2. The van der Waals surface area contributed by atoms with Gasteiger partial charge >= 0.3 is 0 Å². The summed E-state index contributed by atoms with van der Waals surface area (Å²) in [5.41, 5.74) is 2.17. The Morgan fingerprint density at radius 3 is 2.56 bits per heavy atom. The summed E-state index contributed by atoms with van der Waals surface area (Å²) in [6.45, 7) is 0.560. The topological polar surface area (TPSA) is 85.7 Å². The molecule has 0 bridgehead atoms. The van der Waals surface area contributed by atoms with Gasteiger partial charge in [0.15, 0.2) is 22.8 Å². The Hall–Kier alpha value is -3.98. The number of carbonyl (C=O) groups is 1. The van der Waals surface area contributed by atoms with Crippen LogP contribution in [0.2, 0.25) is 0 Å². The summed E-state index contributed by atoms with van der Waals surface area (Å²) in [5, 5.41) is 3.88. The van der Waals surface area contributed by atoms with Crippen molar-refractivity contribution in [1.29, 1.82) is 0 Å². The van der Waals surface area contributed by atoms with Crippen molar-refractivity contribution in [3.05, 3.63) is 83.2 Å². The van der Waals surface area contributed by atoms with Gasteiger partial charge in [0.1, 0.15) is 6.61 Å². The first-order chi connectivity index (χ1) is 17.5. The lowest BCUT2D eigenvalue weighted by molar-refractivity contribution is -0.113. The summed E-state index contributed by atoms with van der Waals surface area (Å²) in [4.78, 5) is 32.8. The quantitative estimate of drug-likeness (QED) is 0.302. The number of anilines is 2. The van der Waals surface area contributed by atoms with Crippen LogP contribution in [-0.2, 0) is 11.3 Å². The molecule has 1 N–H and O–H groups in total. The summed E-state index contributed by atoms with van der Waals surface area (Å²) in [7, 11) is 3.92. The Kier molecular flexibility index (Phi) is 6.81. The van der Waals surface area contributed by atoms with Gasteiger partial charge in [0.05, 0.1) is 23.2 Å². The fourth-order valence-electron chi connectivity index (χ4n) is 3.95. The van der Waals surface area contributed by atoms with Crippen molar-refractivity contribution in [2.75, 3.05) is 36.7 Å². The van der Waals surface area contributed by atoms with Gasteiger partial charge in [0.25, 0.3) is 5.56 Å². The maximum atomic E-state index is 13.4. The van der Waals surface area contributed by atoms with Gasteiger partial charge in [-0.1, -0.05) is 36.0 Å². The molecule has 1 atom stereocenters. The molecule has 0 radical (unpaired) electrons. The smallest absolute Gasteiger partial charge is 0.262 e. The van der Waals surface area contributed by atoms with Crippen LogP contribution in [0.15, 0.2) is 82.7 Å². The molecule has 3 aromatic carbocycles. The zero-order valence-corrected chi connectivity index (χ0v) is 20.8. The highest BCUT2D eigenvalue weighted by Gasteiger charge is 2.24. The fourth-order valence-corrected chi connectivity index (χ4v) is 4.75. The largest absolute Gasteiger partial charge is 0.486 e. The van der Waals surface area contributed by atoms with Crippen LogP contribution in [0.25, 0.3) is 10.9 Å². The van der Waals surface area contributed by atoms with Crippen molar-refractivity contribution in [3.8, 4) is 11.5 Å². The predicted molar refractivity (Wildman–Crippen MR) is 142 cm³/mol. The van der Waals surface area contributed by atoms with E-state index in [0.29, 0.717) is 39.9 Å². The summed E-state index contributed by atoms with van der Waals surface area (Å²) >= 11 is 1.22. The van der Waals surface area contributed by atoms with E-state index < -0.39 is 0 Å². The summed E-state index contributed by atoms with van der Waals surface area (Å²) in [6.07, 6.45) is -0.371. The van der Waals surface area contributed by atoms with E-state index in [9.17, 15) is 9.59 Å². The Balaban J connectivity index is 1.35. The van der Waals surface area contributed by atoms with Crippen molar-refractivity contribution in [1.82, 2.24) is 9.55 Å². The Bertz CT molecular complexity index is 1450. The predicted octanol–water partition coefficient (Wildman–Crippen LogP) is 4.03. The van der Waals surface area contributed by atoms with Gasteiger partial charge in [0.2, 0.25) is 5.91 Å². The molecule has 0 saturated heterocycles. The van der Waals surface area contributed by atoms with Crippen LogP contribution in [0.1, 0.15) is 0 Å². The average Bonchev–Trinajstić information content (AvgIpc) is 2.89. The SMILES string of the molecule is CN(C)c1ccc(NC(=O)CSc2nc3ccccc3c(=O)n2C[C@H]2COc3ccccc3O2)cc1. The minimum atomic E-state index is -0.371. The lowest BCUT2D eigenvalue weighted by Crippen LogP contribution is -2.37. The third-order valence-corrected chi connectivity index (χ3v) is 6.76. The number of nitrogens with zero attached hydrogens (tertiary/aromatic N) is 3. The molecule has 0 unspecified atom stereocenters. The van der Waals surface area contributed by atoms with E-state index in [0.717, 1.165) is 5.69 Å². The molecule has 8 nitrogen and oxygen atoms in total.